The van der Waals surface area contributed by atoms with Gasteiger partial charge < -0.3 is 38.9 Å². The highest BCUT2D eigenvalue weighted by atomic mass is 32.2. The number of esters is 2. The lowest BCUT2D eigenvalue weighted by molar-refractivity contribution is -0.195. The van der Waals surface area contributed by atoms with E-state index in [1.54, 1.807) is 18.9 Å². The number of ether oxygens (including phenoxy) is 5. The summed E-state index contributed by atoms with van der Waals surface area (Å²) in [4.78, 5) is 33.2. The summed E-state index contributed by atoms with van der Waals surface area (Å²) in [6, 6.07) is 8.83. The van der Waals surface area contributed by atoms with E-state index in [2.05, 4.69) is 35.0 Å². The van der Waals surface area contributed by atoms with Crippen molar-refractivity contribution in [2.45, 2.75) is 100 Å². The zero-order valence-corrected chi connectivity index (χ0v) is 33.6. The summed E-state index contributed by atoms with van der Waals surface area (Å²) in [5, 5.41) is 16.4. The maximum Gasteiger partial charge on any atom is 0.335 e. The summed E-state index contributed by atoms with van der Waals surface area (Å²) in [6.45, 7) is 10.1. The van der Waals surface area contributed by atoms with Crippen LogP contribution in [0.3, 0.4) is 0 Å². The Labute approximate surface area is 334 Å². The summed E-state index contributed by atoms with van der Waals surface area (Å²) < 4.78 is 37.8. The van der Waals surface area contributed by atoms with Gasteiger partial charge in [0.25, 0.3) is 0 Å². The van der Waals surface area contributed by atoms with Crippen LogP contribution in [0.4, 0.5) is 0 Å². The number of methoxy groups -OCH3 is 1. The van der Waals surface area contributed by atoms with E-state index < -0.39 is 28.8 Å². The molecule has 13 nitrogen and oxygen atoms in total. The molecule has 3 aromatic carbocycles. The average molecular weight is 795 g/mol. The second-order valence-corrected chi connectivity index (χ2v) is 18.1. The fraction of sp³-hybridized carbons (Fsp3) is 0.488. The lowest BCUT2D eigenvalue weighted by Crippen LogP contribution is -2.75. The Morgan fingerprint density at radius 3 is 2.68 bits per heavy atom. The number of rotatable bonds is 3. The van der Waals surface area contributed by atoms with Crippen molar-refractivity contribution in [1.29, 1.82) is 0 Å². The van der Waals surface area contributed by atoms with Crippen molar-refractivity contribution in [2.24, 2.45) is 5.73 Å². The first-order chi connectivity index (χ1) is 27.4. The zero-order valence-electron chi connectivity index (χ0n) is 32.8. The lowest BCUT2D eigenvalue weighted by atomic mass is 9.70. The Balaban J connectivity index is 1.18. The minimum absolute atomic E-state index is 0.0000343. The molecule has 12 rings (SSSR count). The van der Waals surface area contributed by atoms with Crippen LogP contribution in [0.25, 0.3) is 11.0 Å². The second kappa shape index (κ2) is 12.0. The number of furan rings is 1. The molecule has 4 N–H and O–H groups in total. The highest BCUT2D eigenvalue weighted by Gasteiger charge is 2.70. The van der Waals surface area contributed by atoms with Crippen LogP contribution < -0.4 is 30.0 Å². The number of phenolic OH excluding ortho intramolecular Hbond substituents is 1. The van der Waals surface area contributed by atoms with Gasteiger partial charge in [-0.25, -0.2) is 4.79 Å². The smallest absolute Gasteiger partial charge is 0.335 e. The number of phenols is 1. The normalized spacial score (nSPS) is 33.2. The number of carbonyl (C=O) groups is 2. The lowest BCUT2D eigenvalue weighted by Gasteiger charge is -2.68. The fourth-order valence-electron chi connectivity index (χ4n) is 11.9. The second-order valence-electron chi connectivity index (χ2n) is 17.0. The first kappa shape index (κ1) is 35.7. The number of para-hydroxylation sites is 1. The van der Waals surface area contributed by atoms with Crippen LogP contribution in [0, 0.1) is 13.8 Å². The van der Waals surface area contributed by atoms with E-state index in [0.29, 0.717) is 52.9 Å². The van der Waals surface area contributed by atoms with Crippen LogP contribution in [0.5, 0.6) is 28.7 Å². The number of nitrogens with two attached hydrogens (primary N) is 1. The van der Waals surface area contributed by atoms with Crippen molar-refractivity contribution >= 4 is 34.7 Å². The molecule has 9 atom stereocenters. The van der Waals surface area contributed by atoms with Crippen LogP contribution in [-0.4, -0.2) is 83.8 Å². The summed E-state index contributed by atoms with van der Waals surface area (Å²) in [6.07, 6.45) is 1.48. The minimum atomic E-state index is -1.39. The molecule has 0 aliphatic carbocycles. The van der Waals surface area contributed by atoms with E-state index in [-0.39, 0.29) is 60.7 Å². The van der Waals surface area contributed by atoms with Gasteiger partial charge in [-0.3, -0.25) is 19.9 Å². The van der Waals surface area contributed by atoms with Crippen molar-refractivity contribution in [3.63, 3.8) is 0 Å². The van der Waals surface area contributed by atoms with Crippen molar-refractivity contribution in [1.82, 2.24) is 15.1 Å². The van der Waals surface area contributed by atoms with Gasteiger partial charge in [-0.05, 0) is 63.8 Å². The topological polar surface area (TPSA) is 158 Å². The monoisotopic (exact) mass is 794 g/mol. The van der Waals surface area contributed by atoms with Crippen LogP contribution in [0.2, 0.25) is 0 Å². The number of piperazine rings is 1. The highest BCUT2D eigenvalue weighted by molar-refractivity contribution is 7.99. The fourth-order valence-corrected chi connectivity index (χ4v) is 13.6. The summed E-state index contributed by atoms with van der Waals surface area (Å²) in [5.74, 6) is 1.99. The van der Waals surface area contributed by atoms with E-state index in [1.807, 2.05) is 38.1 Å². The maximum absolute atomic E-state index is 15.0. The van der Waals surface area contributed by atoms with Crippen LogP contribution in [-0.2, 0) is 31.8 Å². The molecular formula is C43H46N4O9S. The maximum atomic E-state index is 15.0. The van der Waals surface area contributed by atoms with E-state index in [4.69, 9.17) is 33.8 Å². The summed E-state index contributed by atoms with van der Waals surface area (Å²) in [7, 11) is 1.60. The van der Waals surface area contributed by atoms with Crippen LogP contribution >= 0.6 is 11.8 Å². The Morgan fingerprint density at radius 1 is 1.12 bits per heavy atom. The third-order valence-electron chi connectivity index (χ3n) is 14.2. The molecule has 0 saturated carbocycles. The van der Waals surface area contributed by atoms with Crippen molar-refractivity contribution in [3.8, 4) is 28.7 Å². The van der Waals surface area contributed by atoms with Gasteiger partial charge in [0.15, 0.2) is 28.5 Å². The van der Waals surface area contributed by atoms with Gasteiger partial charge >= 0.3 is 11.9 Å². The number of hydrogen-bond acceptors (Lipinski definition) is 14. The molecule has 57 heavy (non-hydrogen) atoms. The molecule has 3 fully saturated rings. The molecule has 9 heterocycles. The number of hydrogen-bond donors (Lipinski definition) is 3. The van der Waals surface area contributed by atoms with Gasteiger partial charge in [0.1, 0.15) is 23.7 Å². The molecule has 1 aromatic heterocycles. The average Bonchev–Trinajstić information content (AvgIpc) is 3.88. The van der Waals surface area contributed by atoms with Crippen LogP contribution in [0.1, 0.15) is 89.2 Å². The minimum Gasteiger partial charge on any atom is -0.504 e. The molecule has 1 spiro atoms. The quantitative estimate of drug-likeness (QED) is 0.182. The molecule has 8 aliphatic heterocycles. The van der Waals surface area contributed by atoms with Crippen molar-refractivity contribution < 1.29 is 42.8 Å². The van der Waals surface area contributed by atoms with E-state index in [1.165, 1.54) is 6.92 Å². The van der Waals surface area contributed by atoms with E-state index >= 15 is 4.79 Å². The third-order valence-corrected chi connectivity index (χ3v) is 15.6. The van der Waals surface area contributed by atoms with Gasteiger partial charge in [0.2, 0.25) is 6.79 Å². The largest absolute Gasteiger partial charge is 0.504 e. The summed E-state index contributed by atoms with van der Waals surface area (Å²) in [5.41, 5.74) is 11.5. The van der Waals surface area contributed by atoms with E-state index in [9.17, 15) is 9.90 Å². The first-order valence-electron chi connectivity index (χ1n) is 19.8. The Kier molecular flexibility index (Phi) is 7.54. The molecular weight excluding hydrogens is 749 g/mol. The number of benzene rings is 3. The molecule has 4 aromatic rings. The Bertz CT molecular complexity index is 2450. The number of nitrogens with zero attached hydrogens (tertiary/aromatic N) is 2. The van der Waals surface area contributed by atoms with Gasteiger partial charge in [-0.2, -0.15) is 0 Å². The SMILES string of the molecule is COc1c(C)cc2c(c1O)[C@@H]1[C@@H]3[C@@H]4SC[C@]5(N[C@H](CN)Cc6c5oc5ccccc65)C(=O)OC[C@@H](c5c6c(c(C)c(OC(C)=O)c54)OCO6)N3[C@@H](C)[C@H]3C[C@@]2(C)N31. The predicted octanol–water partition coefficient (Wildman–Crippen LogP) is 5.29. The van der Waals surface area contributed by atoms with Crippen molar-refractivity contribution in [3.05, 3.63) is 75.0 Å². The molecule has 0 radical (unpaired) electrons. The van der Waals surface area contributed by atoms with Gasteiger partial charge in [-0.15, -0.1) is 11.8 Å². The number of carbonyl (C=O) groups excluding carboxylic acids is 2. The van der Waals surface area contributed by atoms with Gasteiger partial charge in [-0.1, -0.05) is 18.2 Å². The third kappa shape index (κ3) is 4.40. The predicted molar refractivity (Wildman–Crippen MR) is 210 cm³/mol. The Morgan fingerprint density at radius 2 is 1.91 bits per heavy atom. The first-order valence-corrected chi connectivity index (χ1v) is 20.9. The molecule has 3 saturated heterocycles. The standard InChI is InChI=1S/C43H46N4O9S/c1-18-11-25-29(34(49)35(18)51-6)32-33-39-31-30(38-37(53-17-54-38)19(2)36(31)55-21(4)48)27(46(33)20(3)26-13-42(25,5)47(26)32)15-52-41(50)43(16-57-39)40-24(12-22(14-44)45-43)23-9-7-8-10-28(23)56-40/h7-11,20,22,26-27,32-33,39,45,49H,12-17,44H2,1-6H3/t20-,22-,26+,27-,32+,33+,39+,42+,43+/m0/s1. The molecule has 14 heteroatoms. The number of aromatic hydroxyl groups is 1. The number of fused-ring (bicyclic) bond motifs is 10. The molecule has 2 bridgehead atoms. The van der Waals surface area contributed by atoms with Gasteiger partial charge in [0, 0.05) is 82.1 Å². The molecule has 298 valence electrons. The van der Waals surface area contributed by atoms with Crippen molar-refractivity contribution in [2.75, 3.05) is 32.8 Å². The molecule has 8 aliphatic rings. The highest BCUT2D eigenvalue weighted by Crippen LogP contribution is 2.71. The molecule has 0 amide bonds. The number of nitrogens with one attached hydrogen (secondary N) is 1. The zero-order chi connectivity index (χ0) is 39.4. The van der Waals surface area contributed by atoms with E-state index in [0.717, 1.165) is 45.2 Å². The van der Waals surface area contributed by atoms with Gasteiger partial charge in [0.05, 0.1) is 24.4 Å². The number of aryl methyl sites for hydroxylation is 1. The Hall–Kier alpha value is -4.47. The number of thioether (sulfide) groups is 1. The van der Waals surface area contributed by atoms with Crippen LogP contribution in [0.15, 0.2) is 34.7 Å². The molecule has 0 unspecified atom stereocenters. The summed E-state index contributed by atoms with van der Waals surface area (Å²) >= 11 is 1.60.